The third kappa shape index (κ3) is 2.12. The molecule has 2 aromatic rings. The molecule has 0 bridgehead atoms. The number of rotatable bonds is 2. The fourth-order valence-electron chi connectivity index (χ4n) is 2.66. The van der Waals surface area contributed by atoms with Crippen LogP contribution >= 0.6 is 0 Å². The SMILES string of the molecule is Nc1ccccc1C(=O)N1c2ccccc2C[C@H]1C(=O)O. The van der Waals surface area contributed by atoms with E-state index in [1.165, 1.54) is 4.90 Å². The Hall–Kier alpha value is -2.82. The molecule has 1 aliphatic heterocycles. The zero-order chi connectivity index (χ0) is 15.0. The number of hydrogen-bond donors (Lipinski definition) is 2. The van der Waals surface area contributed by atoms with Crippen molar-refractivity contribution in [2.24, 2.45) is 0 Å². The Morgan fingerprint density at radius 2 is 1.76 bits per heavy atom. The lowest BCUT2D eigenvalue weighted by Gasteiger charge is -2.23. The number of aliphatic carboxylic acids is 1. The number of carboxylic acids is 1. The molecular weight excluding hydrogens is 268 g/mol. The zero-order valence-electron chi connectivity index (χ0n) is 11.2. The maximum Gasteiger partial charge on any atom is 0.327 e. The van der Waals surface area contributed by atoms with Crippen LogP contribution < -0.4 is 10.6 Å². The number of anilines is 2. The lowest BCUT2D eigenvalue weighted by Crippen LogP contribution is -2.43. The summed E-state index contributed by atoms with van der Waals surface area (Å²) in [6, 6.07) is 13.0. The van der Waals surface area contributed by atoms with E-state index < -0.39 is 12.0 Å². The van der Waals surface area contributed by atoms with Crippen molar-refractivity contribution in [3.63, 3.8) is 0 Å². The highest BCUT2D eigenvalue weighted by Crippen LogP contribution is 2.34. The Morgan fingerprint density at radius 3 is 2.48 bits per heavy atom. The number of nitrogens with two attached hydrogens (primary N) is 1. The molecule has 1 amide bonds. The van der Waals surface area contributed by atoms with Crippen molar-refractivity contribution in [1.29, 1.82) is 0 Å². The number of nitrogen functional groups attached to an aromatic ring is 1. The molecule has 0 unspecified atom stereocenters. The second-order valence-corrected chi connectivity index (χ2v) is 4.95. The second-order valence-electron chi connectivity index (χ2n) is 4.95. The second kappa shape index (κ2) is 4.94. The van der Waals surface area contributed by atoms with Crippen LogP contribution in [-0.4, -0.2) is 23.0 Å². The van der Waals surface area contributed by atoms with E-state index in [2.05, 4.69) is 0 Å². The first-order valence-corrected chi connectivity index (χ1v) is 6.58. The fourth-order valence-corrected chi connectivity index (χ4v) is 2.66. The highest BCUT2D eigenvalue weighted by atomic mass is 16.4. The normalized spacial score (nSPS) is 16.6. The number of carboxylic acid groups (broad SMARTS) is 1. The number of fused-ring (bicyclic) bond motifs is 1. The topological polar surface area (TPSA) is 83.6 Å². The third-order valence-corrected chi connectivity index (χ3v) is 3.67. The number of amides is 1. The van der Waals surface area contributed by atoms with Crippen LogP contribution in [0.2, 0.25) is 0 Å². The molecule has 0 spiro atoms. The molecule has 0 saturated carbocycles. The third-order valence-electron chi connectivity index (χ3n) is 3.67. The van der Waals surface area contributed by atoms with Gasteiger partial charge in [-0.2, -0.15) is 0 Å². The largest absolute Gasteiger partial charge is 0.480 e. The van der Waals surface area contributed by atoms with Gasteiger partial charge in [-0.25, -0.2) is 4.79 Å². The van der Waals surface area contributed by atoms with Gasteiger partial charge in [-0.3, -0.25) is 9.69 Å². The van der Waals surface area contributed by atoms with Crippen molar-refractivity contribution in [2.75, 3.05) is 10.6 Å². The Labute approximate surface area is 121 Å². The number of carbonyl (C=O) groups excluding carboxylic acids is 1. The predicted molar refractivity (Wildman–Crippen MR) is 79.2 cm³/mol. The van der Waals surface area contributed by atoms with Crippen molar-refractivity contribution in [3.05, 3.63) is 59.7 Å². The summed E-state index contributed by atoms with van der Waals surface area (Å²) in [5.41, 5.74) is 7.99. The van der Waals surface area contributed by atoms with Crippen molar-refractivity contribution in [2.45, 2.75) is 12.5 Å². The molecule has 5 nitrogen and oxygen atoms in total. The minimum absolute atomic E-state index is 0.310. The van der Waals surface area contributed by atoms with Crippen LogP contribution in [0.3, 0.4) is 0 Å². The maximum atomic E-state index is 12.7. The molecule has 1 aliphatic rings. The van der Waals surface area contributed by atoms with Crippen LogP contribution in [0.1, 0.15) is 15.9 Å². The van der Waals surface area contributed by atoms with Crippen LogP contribution in [0.15, 0.2) is 48.5 Å². The van der Waals surface area contributed by atoms with Crippen LogP contribution in [0.4, 0.5) is 11.4 Å². The summed E-state index contributed by atoms with van der Waals surface area (Å²) >= 11 is 0. The summed E-state index contributed by atoms with van der Waals surface area (Å²) in [4.78, 5) is 25.5. The van der Waals surface area contributed by atoms with Crippen molar-refractivity contribution < 1.29 is 14.7 Å². The van der Waals surface area contributed by atoms with Gasteiger partial charge in [0.2, 0.25) is 0 Å². The van der Waals surface area contributed by atoms with E-state index in [1.54, 1.807) is 36.4 Å². The van der Waals surface area contributed by atoms with E-state index in [0.29, 0.717) is 23.4 Å². The van der Waals surface area contributed by atoms with Gasteiger partial charge in [0.25, 0.3) is 5.91 Å². The molecule has 3 rings (SSSR count). The van der Waals surface area contributed by atoms with Crippen molar-refractivity contribution in [3.8, 4) is 0 Å². The molecule has 0 aliphatic carbocycles. The molecule has 1 heterocycles. The molecule has 5 heteroatoms. The van der Waals surface area contributed by atoms with Gasteiger partial charge < -0.3 is 10.8 Å². The van der Waals surface area contributed by atoms with Gasteiger partial charge in [0.1, 0.15) is 6.04 Å². The molecule has 0 saturated heterocycles. The standard InChI is InChI=1S/C16H14N2O3/c17-12-7-3-2-6-11(12)15(19)18-13-8-4-1-5-10(13)9-14(18)16(20)21/h1-8,14H,9,17H2,(H,20,21)/t14-/m0/s1. The molecule has 3 N–H and O–H groups in total. The number of nitrogens with zero attached hydrogens (tertiary/aromatic N) is 1. The van der Waals surface area contributed by atoms with Gasteiger partial charge in [0.05, 0.1) is 5.56 Å². The molecule has 21 heavy (non-hydrogen) atoms. The molecule has 1 atom stereocenters. The summed E-state index contributed by atoms with van der Waals surface area (Å²) in [6.45, 7) is 0. The Balaban J connectivity index is 2.08. The van der Waals surface area contributed by atoms with E-state index in [4.69, 9.17) is 5.73 Å². The van der Waals surface area contributed by atoms with Crippen molar-refractivity contribution in [1.82, 2.24) is 0 Å². The van der Waals surface area contributed by atoms with Crippen LogP contribution in [0, 0.1) is 0 Å². The number of hydrogen-bond acceptors (Lipinski definition) is 3. The number of para-hydroxylation sites is 2. The van der Waals surface area contributed by atoms with Gasteiger partial charge >= 0.3 is 5.97 Å². The minimum Gasteiger partial charge on any atom is -0.480 e. The molecule has 106 valence electrons. The first-order valence-electron chi connectivity index (χ1n) is 6.58. The Kier molecular flexibility index (Phi) is 3.10. The van der Waals surface area contributed by atoms with E-state index in [1.807, 2.05) is 12.1 Å². The Morgan fingerprint density at radius 1 is 1.10 bits per heavy atom. The summed E-state index contributed by atoms with van der Waals surface area (Å²) in [7, 11) is 0. The average Bonchev–Trinajstić information content (AvgIpc) is 2.86. The first kappa shape index (κ1) is 13.2. The van der Waals surface area contributed by atoms with Gasteiger partial charge in [-0.15, -0.1) is 0 Å². The smallest absolute Gasteiger partial charge is 0.327 e. The molecule has 0 fully saturated rings. The predicted octanol–water partition coefficient (Wildman–Crippen LogP) is 1.92. The molecule has 0 radical (unpaired) electrons. The van der Waals surface area contributed by atoms with Crippen LogP contribution in [0.5, 0.6) is 0 Å². The van der Waals surface area contributed by atoms with Gasteiger partial charge in [0.15, 0.2) is 0 Å². The molecule has 0 aromatic heterocycles. The summed E-state index contributed by atoms with van der Waals surface area (Å²) < 4.78 is 0. The summed E-state index contributed by atoms with van der Waals surface area (Å²) in [5, 5.41) is 9.40. The van der Waals surface area contributed by atoms with Crippen LogP contribution in [0.25, 0.3) is 0 Å². The monoisotopic (exact) mass is 282 g/mol. The Bertz CT molecular complexity index is 727. The van der Waals surface area contributed by atoms with Crippen molar-refractivity contribution >= 4 is 23.3 Å². The zero-order valence-corrected chi connectivity index (χ0v) is 11.2. The van der Waals surface area contributed by atoms with E-state index in [0.717, 1.165) is 5.56 Å². The lowest BCUT2D eigenvalue weighted by molar-refractivity contribution is -0.138. The highest BCUT2D eigenvalue weighted by Gasteiger charge is 2.38. The van der Waals surface area contributed by atoms with E-state index in [9.17, 15) is 14.7 Å². The van der Waals surface area contributed by atoms with E-state index in [-0.39, 0.29) is 5.91 Å². The first-order chi connectivity index (χ1) is 10.1. The highest BCUT2D eigenvalue weighted by molar-refractivity contribution is 6.13. The number of carbonyl (C=O) groups is 2. The maximum absolute atomic E-state index is 12.7. The molecule has 2 aromatic carbocycles. The molecular formula is C16H14N2O3. The van der Waals surface area contributed by atoms with Crippen LogP contribution in [-0.2, 0) is 11.2 Å². The van der Waals surface area contributed by atoms with E-state index >= 15 is 0 Å². The summed E-state index contributed by atoms with van der Waals surface area (Å²) in [5.74, 6) is -1.40. The van der Waals surface area contributed by atoms with Gasteiger partial charge in [0, 0.05) is 17.8 Å². The lowest BCUT2D eigenvalue weighted by atomic mass is 10.1. The fraction of sp³-hybridized carbons (Fsp3) is 0.125. The summed E-state index contributed by atoms with van der Waals surface area (Å²) in [6.07, 6.45) is 0.310. The van der Waals surface area contributed by atoms with Gasteiger partial charge in [-0.05, 0) is 23.8 Å². The minimum atomic E-state index is -1.02. The average molecular weight is 282 g/mol. The van der Waals surface area contributed by atoms with Gasteiger partial charge in [-0.1, -0.05) is 30.3 Å². The number of benzene rings is 2. The quantitative estimate of drug-likeness (QED) is 0.824.